The number of aliphatic carboxylic acids is 2. The molecule has 1 fully saturated rings. The van der Waals surface area contributed by atoms with Gasteiger partial charge in [0.2, 0.25) is 0 Å². The highest BCUT2D eigenvalue weighted by Crippen LogP contribution is 2.32. The van der Waals surface area contributed by atoms with E-state index in [0.29, 0.717) is 0 Å². The highest BCUT2D eigenvalue weighted by Gasteiger charge is 2.38. The van der Waals surface area contributed by atoms with Crippen LogP contribution in [0.3, 0.4) is 0 Å². The van der Waals surface area contributed by atoms with Crippen LogP contribution in [0.4, 0.5) is 26.3 Å². The number of halogens is 6. The second kappa shape index (κ2) is 12.3. The molecule has 3 N–H and O–H groups in total. The summed E-state index contributed by atoms with van der Waals surface area (Å²) < 4.78 is 77.1. The Morgan fingerprint density at radius 1 is 1.11 bits per heavy atom. The van der Waals surface area contributed by atoms with E-state index in [-0.39, 0.29) is 6.10 Å². The number of nitrogens with one attached hydrogen (secondary N) is 1. The molecule has 0 radical (unpaired) electrons. The monoisotopic (exact) mass is 529 g/mol. The van der Waals surface area contributed by atoms with Gasteiger partial charge in [-0.3, -0.25) is 4.68 Å². The second-order valence-corrected chi connectivity index (χ2v) is 8.06. The topological polar surface area (TPSA) is 127 Å². The van der Waals surface area contributed by atoms with Gasteiger partial charge in [-0.2, -0.15) is 31.4 Å². The van der Waals surface area contributed by atoms with Crippen LogP contribution in [0.15, 0.2) is 22.7 Å². The number of furan rings is 1. The van der Waals surface area contributed by atoms with Crippen LogP contribution in [0.1, 0.15) is 41.7 Å². The number of hydrogen-bond acceptors (Lipinski definition) is 6. The van der Waals surface area contributed by atoms with Crippen molar-refractivity contribution in [2.24, 2.45) is 5.92 Å². The van der Waals surface area contributed by atoms with Crippen molar-refractivity contribution in [2.45, 2.75) is 57.7 Å². The Hall–Kier alpha value is -3.07. The van der Waals surface area contributed by atoms with Crippen LogP contribution in [0.25, 0.3) is 0 Å². The SMILES string of the molecule is Cc1ccc(CNCC2OCCc3cn(CC4CC4)nc32)o1.O=C(O)C(F)(F)F.O=C(O)C(F)(F)F. The third-order valence-electron chi connectivity index (χ3n) is 4.92. The lowest BCUT2D eigenvalue weighted by Crippen LogP contribution is -2.27. The van der Waals surface area contributed by atoms with Crippen LogP contribution in [0, 0.1) is 12.8 Å². The molecule has 0 saturated heterocycles. The van der Waals surface area contributed by atoms with Gasteiger partial charge in [0.15, 0.2) is 0 Å². The number of carbonyl (C=O) groups is 2. The molecule has 1 unspecified atom stereocenters. The van der Waals surface area contributed by atoms with Crippen LogP contribution < -0.4 is 5.32 Å². The second-order valence-electron chi connectivity index (χ2n) is 8.06. The van der Waals surface area contributed by atoms with E-state index in [9.17, 15) is 26.3 Å². The fourth-order valence-corrected chi connectivity index (χ4v) is 3.05. The van der Waals surface area contributed by atoms with Gasteiger partial charge in [-0.1, -0.05) is 0 Å². The molecule has 202 valence electrons. The van der Waals surface area contributed by atoms with Gasteiger partial charge in [-0.25, -0.2) is 9.59 Å². The molecule has 0 bridgehead atoms. The van der Waals surface area contributed by atoms with E-state index in [1.165, 1.54) is 18.4 Å². The highest BCUT2D eigenvalue weighted by atomic mass is 19.4. The summed E-state index contributed by atoms with van der Waals surface area (Å²) in [4.78, 5) is 17.8. The van der Waals surface area contributed by atoms with E-state index in [2.05, 4.69) is 16.2 Å². The molecule has 3 heterocycles. The molecule has 0 amide bonds. The van der Waals surface area contributed by atoms with Gasteiger partial charge in [0.25, 0.3) is 0 Å². The number of ether oxygens (including phenoxy) is 1. The third kappa shape index (κ3) is 9.89. The first kappa shape index (κ1) is 29.2. The van der Waals surface area contributed by atoms with Gasteiger partial charge in [-0.15, -0.1) is 0 Å². The predicted molar refractivity (Wildman–Crippen MR) is 110 cm³/mol. The largest absolute Gasteiger partial charge is 0.490 e. The lowest BCUT2D eigenvalue weighted by Gasteiger charge is -2.22. The van der Waals surface area contributed by atoms with Crippen molar-refractivity contribution in [3.05, 3.63) is 41.1 Å². The van der Waals surface area contributed by atoms with Crippen molar-refractivity contribution in [3.63, 3.8) is 0 Å². The minimum Gasteiger partial charge on any atom is -0.475 e. The van der Waals surface area contributed by atoms with Crippen molar-refractivity contribution < 1.29 is 55.3 Å². The lowest BCUT2D eigenvalue weighted by molar-refractivity contribution is -0.193. The van der Waals surface area contributed by atoms with Gasteiger partial charge >= 0.3 is 24.3 Å². The standard InChI is InChI=1S/C17H23N3O2.2C2HF3O2/c1-12-2-5-15(22-12)8-18-9-16-17-14(6-7-21-16)11-20(19-17)10-13-3-4-13;2*3-2(4,5)1(6)7/h2,5,11,13,16,18H,3-4,6-10H2,1H3;2*(H,6,7). The summed E-state index contributed by atoms with van der Waals surface area (Å²) in [6, 6.07) is 4.01. The molecule has 1 aliphatic heterocycles. The first-order valence-corrected chi connectivity index (χ1v) is 10.7. The Morgan fingerprint density at radius 3 is 2.17 bits per heavy atom. The van der Waals surface area contributed by atoms with Crippen molar-refractivity contribution in [1.29, 1.82) is 0 Å². The van der Waals surface area contributed by atoms with Crippen molar-refractivity contribution >= 4 is 11.9 Å². The summed E-state index contributed by atoms with van der Waals surface area (Å²) in [5, 5.41) is 22.4. The maximum atomic E-state index is 10.6. The fraction of sp³-hybridized carbons (Fsp3) is 0.571. The maximum Gasteiger partial charge on any atom is 0.490 e. The number of alkyl halides is 6. The summed E-state index contributed by atoms with van der Waals surface area (Å²) in [5.41, 5.74) is 2.47. The Balaban J connectivity index is 0.000000271. The molecule has 4 rings (SSSR count). The van der Waals surface area contributed by atoms with Crippen LogP contribution in [-0.2, 0) is 33.8 Å². The Bertz CT molecular complexity index is 989. The minimum absolute atomic E-state index is 0.0558. The Labute approximate surface area is 201 Å². The van der Waals surface area contributed by atoms with Gasteiger partial charge in [-0.05, 0) is 49.8 Å². The van der Waals surface area contributed by atoms with Crippen LogP contribution in [0.2, 0.25) is 0 Å². The molecule has 2 aromatic rings. The Kier molecular flexibility index (Phi) is 9.93. The van der Waals surface area contributed by atoms with Crippen molar-refractivity contribution in [3.8, 4) is 0 Å². The van der Waals surface area contributed by atoms with E-state index < -0.39 is 24.3 Å². The zero-order chi connectivity index (χ0) is 27.1. The van der Waals surface area contributed by atoms with Gasteiger partial charge in [0.1, 0.15) is 17.6 Å². The summed E-state index contributed by atoms with van der Waals surface area (Å²) in [7, 11) is 0. The smallest absolute Gasteiger partial charge is 0.475 e. The molecule has 36 heavy (non-hydrogen) atoms. The lowest BCUT2D eigenvalue weighted by atomic mass is 10.1. The van der Waals surface area contributed by atoms with Crippen molar-refractivity contribution in [1.82, 2.24) is 15.1 Å². The number of fused-ring (bicyclic) bond motifs is 1. The van der Waals surface area contributed by atoms with E-state index in [4.69, 9.17) is 34.1 Å². The molecule has 2 aliphatic rings. The van der Waals surface area contributed by atoms with E-state index in [1.807, 2.05) is 19.1 Å². The number of aryl methyl sites for hydroxylation is 1. The van der Waals surface area contributed by atoms with Crippen LogP contribution >= 0.6 is 0 Å². The van der Waals surface area contributed by atoms with E-state index in [0.717, 1.165) is 55.8 Å². The average Bonchev–Trinajstić information content (AvgIpc) is 3.31. The summed E-state index contributed by atoms with van der Waals surface area (Å²) in [6.07, 6.45) is -4.20. The normalized spacial score (nSPS) is 17.2. The number of rotatable bonds is 6. The predicted octanol–water partition coefficient (Wildman–Crippen LogP) is 3.86. The van der Waals surface area contributed by atoms with Crippen LogP contribution in [0.5, 0.6) is 0 Å². The average molecular weight is 529 g/mol. The molecule has 9 nitrogen and oxygen atoms in total. The quantitative estimate of drug-likeness (QED) is 0.482. The van der Waals surface area contributed by atoms with Gasteiger partial charge in [0, 0.05) is 19.3 Å². The molecule has 0 spiro atoms. The highest BCUT2D eigenvalue weighted by molar-refractivity contribution is 5.73. The van der Waals surface area contributed by atoms with E-state index in [1.54, 1.807) is 0 Å². The number of carboxylic acids is 2. The first-order valence-electron chi connectivity index (χ1n) is 10.7. The maximum absolute atomic E-state index is 10.6. The Morgan fingerprint density at radius 2 is 1.69 bits per heavy atom. The summed E-state index contributed by atoms with van der Waals surface area (Å²) in [5.74, 6) is -2.75. The zero-order valence-corrected chi connectivity index (χ0v) is 19.0. The third-order valence-corrected chi connectivity index (χ3v) is 4.92. The van der Waals surface area contributed by atoms with Crippen LogP contribution in [-0.4, -0.2) is 57.4 Å². The summed E-state index contributed by atoms with van der Waals surface area (Å²) >= 11 is 0. The molecular formula is C21H25F6N3O6. The number of carboxylic acid groups (broad SMARTS) is 2. The van der Waals surface area contributed by atoms with E-state index >= 15 is 0 Å². The molecule has 1 saturated carbocycles. The molecule has 2 aromatic heterocycles. The minimum atomic E-state index is -5.08. The number of nitrogens with zero attached hydrogens (tertiary/aromatic N) is 2. The fourth-order valence-electron chi connectivity index (χ4n) is 3.05. The number of hydrogen-bond donors (Lipinski definition) is 3. The zero-order valence-electron chi connectivity index (χ0n) is 19.0. The van der Waals surface area contributed by atoms with Gasteiger partial charge in [0.05, 0.1) is 18.8 Å². The molecular weight excluding hydrogens is 504 g/mol. The van der Waals surface area contributed by atoms with Crippen molar-refractivity contribution in [2.75, 3.05) is 13.2 Å². The molecule has 1 aliphatic carbocycles. The number of aromatic nitrogens is 2. The molecule has 15 heteroatoms. The first-order chi connectivity index (χ1) is 16.7. The molecule has 1 atom stereocenters. The summed E-state index contributed by atoms with van der Waals surface area (Å²) in [6.45, 7) is 5.32. The van der Waals surface area contributed by atoms with Gasteiger partial charge < -0.3 is 24.7 Å². The molecule has 0 aromatic carbocycles.